The minimum atomic E-state index is -0.294. The minimum Gasteiger partial charge on any atom is -0.445 e. The number of rotatable bonds is 2. The summed E-state index contributed by atoms with van der Waals surface area (Å²) in [6, 6.07) is 14.3. The third-order valence-corrected chi connectivity index (χ3v) is 4.99. The number of hydrogen-bond acceptors (Lipinski definition) is 3. The molecule has 25 heavy (non-hydrogen) atoms. The summed E-state index contributed by atoms with van der Waals surface area (Å²) in [5.41, 5.74) is 3.21. The fourth-order valence-electron chi connectivity index (χ4n) is 3.71. The van der Waals surface area contributed by atoms with E-state index >= 15 is 0 Å². The van der Waals surface area contributed by atoms with Crippen molar-refractivity contribution < 1.29 is 13.9 Å². The maximum absolute atomic E-state index is 13.4. The first-order chi connectivity index (χ1) is 12.2. The fraction of sp³-hybridized carbons (Fsp3) is 0.350. The van der Waals surface area contributed by atoms with Gasteiger partial charge in [0.1, 0.15) is 11.9 Å². The van der Waals surface area contributed by atoms with E-state index in [1.807, 2.05) is 18.2 Å². The molecule has 0 radical (unpaired) electrons. The third kappa shape index (κ3) is 3.24. The predicted molar refractivity (Wildman–Crippen MR) is 92.9 cm³/mol. The van der Waals surface area contributed by atoms with E-state index in [1.54, 1.807) is 17.0 Å². The van der Waals surface area contributed by atoms with E-state index in [1.165, 1.54) is 17.7 Å². The van der Waals surface area contributed by atoms with Gasteiger partial charge in [0.05, 0.1) is 6.04 Å². The molecule has 1 fully saturated rings. The van der Waals surface area contributed by atoms with E-state index in [0.29, 0.717) is 13.1 Å². The van der Waals surface area contributed by atoms with Crippen molar-refractivity contribution in [3.63, 3.8) is 0 Å². The van der Waals surface area contributed by atoms with Gasteiger partial charge in [0.25, 0.3) is 0 Å². The van der Waals surface area contributed by atoms with Crippen molar-refractivity contribution in [2.45, 2.75) is 25.0 Å². The second kappa shape index (κ2) is 6.84. The molecule has 0 spiro atoms. The van der Waals surface area contributed by atoms with Gasteiger partial charge >= 0.3 is 6.09 Å². The average molecular weight is 340 g/mol. The number of halogens is 1. The molecule has 5 heteroatoms. The number of fused-ring (bicyclic) bond motifs is 1. The largest absolute Gasteiger partial charge is 0.445 e. The maximum Gasteiger partial charge on any atom is 0.410 e. The topological polar surface area (TPSA) is 41.6 Å². The fourth-order valence-corrected chi connectivity index (χ4v) is 3.71. The molecule has 1 N–H and O–H groups in total. The molecular formula is C20H21FN2O2. The lowest BCUT2D eigenvalue weighted by Gasteiger charge is -2.37. The Morgan fingerprint density at radius 1 is 1.16 bits per heavy atom. The Hall–Kier alpha value is -2.40. The number of nitrogens with zero attached hydrogens (tertiary/aromatic N) is 1. The molecule has 2 heterocycles. The third-order valence-electron chi connectivity index (χ3n) is 4.99. The SMILES string of the molecule is O=C(O[C@@H]1CCNC1)N1CCc2ccccc2[C@H]1c1ccc(F)cc1. The van der Waals surface area contributed by atoms with Crippen LogP contribution in [0.25, 0.3) is 0 Å². The Morgan fingerprint density at radius 3 is 2.72 bits per heavy atom. The highest BCUT2D eigenvalue weighted by Gasteiger charge is 2.34. The summed E-state index contributed by atoms with van der Waals surface area (Å²) < 4.78 is 19.1. The summed E-state index contributed by atoms with van der Waals surface area (Å²) in [6.07, 6.45) is 1.28. The number of benzene rings is 2. The van der Waals surface area contributed by atoms with Crippen LogP contribution < -0.4 is 5.32 Å². The summed E-state index contributed by atoms with van der Waals surface area (Å²) in [5.74, 6) is -0.279. The van der Waals surface area contributed by atoms with Gasteiger partial charge in [-0.25, -0.2) is 9.18 Å². The van der Waals surface area contributed by atoms with E-state index in [-0.39, 0.29) is 24.1 Å². The van der Waals surface area contributed by atoms with Gasteiger partial charge in [0.15, 0.2) is 0 Å². The van der Waals surface area contributed by atoms with Gasteiger partial charge < -0.3 is 10.1 Å². The van der Waals surface area contributed by atoms with Crippen LogP contribution in [0.1, 0.15) is 29.2 Å². The van der Waals surface area contributed by atoms with Gasteiger partial charge in [0, 0.05) is 13.1 Å². The van der Waals surface area contributed by atoms with Crippen LogP contribution in [0.2, 0.25) is 0 Å². The number of ether oxygens (including phenoxy) is 1. The monoisotopic (exact) mass is 340 g/mol. The summed E-state index contributed by atoms with van der Waals surface area (Å²) in [6.45, 7) is 2.18. The predicted octanol–water partition coefficient (Wildman–Crippen LogP) is 3.27. The van der Waals surface area contributed by atoms with Crippen LogP contribution in [-0.4, -0.2) is 36.7 Å². The molecule has 1 amide bonds. The van der Waals surface area contributed by atoms with Crippen molar-refractivity contribution in [1.29, 1.82) is 0 Å². The molecule has 2 aromatic carbocycles. The van der Waals surface area contributed by atoms with Crippen LogP contribution in [0.15, 0.2) is 48.5 Å². The van der Waals surface area contributed by atoms with Crippen LogP contribution in [0.3, 0.4) is 0 Å². The molecule has 2 aliphatic rings. The highest BCUT2D eigenvalue weighted by atomic mass is 19.1. The number of carbonyl (C=O) groups is 1. The number of hydrogen-bond donors (Lipinski definition) is 1. The first kappa shape index (κ1) is 16.1. The van der Waals surface area contributed by atoms with E-state index < -0.39 is 0 Å². The van der Waals surface area contributed by atoms with Gasteiger partial charge in [-0.1, -0.05) is 36.4 Å². The van der Waals surface area contributed by atoms with Gasteiger partial charge in [0.2, 0.25) is 0 Å². The maximum atomic E-state index is 13.4. The van der Waals surface area contributed by atoms with Crippen molar-refractivity contribution in [1.82, 2.24) is 10.2 Å². The van der Waals surface area contributed by atoms with Crippen LogP contribution in [0.4, 0.5) is 9.18 Å². The van der Waals surface area contributed by atoms with Crippen molar-refractivity contribution in [3.8, 4) is 0 Å². The summed E-state index contributed by atoms with van der Waals surface area (Å²) >= 11 is 0. The van der Waals surface area contributed by atoms with E-state index in [4.69, 9.17) is 4.74 Å². The lowest BCUT2D eigenvalue weighted by molar-refractivity contribution is 0.0601. The Kier molecular flexibility index (Phi) is 4.40. The molecule has 4 nitrogen and oxygen atoms in total. The Bertz CT molecular complexity index is 757. The molecule has 0 saturated carbocycles. The Morgan fingerprint density at radius 2 is 1.96 bits per heavy atom. The molecular weight excluding hydrogens is 319 g/mol. The van der Waals surface area contributed by atoms with Crippen LogP contribution in [-0.2, 0) is 11.2 Å². The molecule has 1 saturated heterocycles. The lowest BCUT2D eigenvalue weighted by atomic mass is 9.88. The number of carbonyl (C=O) groups excluding carboxylic acids is 1. The quantitative estimate of drug-likeness (QED) is 0.912. The lowest BCUT2D eigenvalue weighted by Crippen LogP contribution is -2.42. The molecule has 130 valence electrons. The first-order valence-electron chi connectivity index (χ1n) is 8.73. The summed E-state index contributed by atoms with van der Waals surface area (Å²) in [7, 11) is 0. The smallest absolute Gasteiger partial charge is 0.410 e. The van der Waals surface area contributed by atoms with Crippen LogP contribution in [0, 0.1) is 5.82 Å². The molecule has 0 aliphatic carbocycles. The van der Waals surface area contributed by atoms with Gasteiger partial charge in [-0.05, 0) is 48.2 Å². The second-order valence-electron chi connectivity index (χ2n) is 6.59. The van der Waals surface area contributed by atoms with E-state index in [9.17, 15) is 9.18 Å². The summed E-state index contributed by atoms with van der Waals surface area (Å²) in [5, 5.41) is 3.21. The Balaban J connectivity index is 1.67. The van der Waals surface area contributed by atoms with Gasteiger partial charge in [-0.15, -0.1) is 0 Å². The van der Waals surface area contributed by atoms with Crippen LogP contribution >= 0.6 is 0 Å². The van der Waals surface area contributed by atoms with Crippen molar-refractivity contribution in [2.75, 3.05) is 19.6 Å². The Labute approximate surface area is 146 Å². The normalized spacial score (nSPS) is 22.5. The molecule has 2 aliphatic heterocycles. The van der Waals surface area contributed by atoms with Crippen LogP contribution in [0.5, 0.6) is 0 Å². The molecule has 2 atom stereocenters. The minimum absolute atomic E-state index is 0.0708. The average Bonchev–Trinajstić information content (AvgIpc) is 3.14. The number of nitrogens with one attached hydrogen (secondary N) is 1. The highest BCUT2D eigenvalue weighted by molar-refractivity contribution is 5.70. The number of amides is 1. The zero-order chi connectivity index (χ0) is 17.2. The van der Waals surface area contributed by atoms with Gasteiger partial charge in [-0.2, -0.15) is 0 Å². The van der Waals surface area contributed by atoms with Gasteiger partial charge in [-0.3, -0.25) is 4.90 Å². The van der Waals surface area contributed by atoms with Crippen molar-refractivity contribution in [3.05, 3.63) is 71.0 Å². The van der Waals surface area contributed by atoms with E-state index in [2.05, 4.69) is 11.4 Å². The first-order valence-corrected chi connectivity index (χ1v) is 8.73. The summed E-state index contributed by atoms with van der Waals surface area (Å²) in [4.78, 5) is 14.6. The molecule has 0 aromatic heterocycles. The molecule has 4 rings (SSSR count). The molecule has 0 unspecified atom stereocenters. The standard InChI is InChI=1S/C20H21FN2O2/c21-16-7-5-15(6-8-16)19-18-4-2-1-3-14(18)10-12-23(19)20(24)25-17-9-11-22-13-17/h1-8,17,19,22H,9-13H2/t17-,19-/m1/s1. The molecule has 2 aromatic rings. The highest BCUT2D eigenvalue weighted by Crippen LogP contribution is 2.35. The van der Waals surface area contributed by atoms with Crippen molar-refractivity contribution >= 4 is 6.09 Å². The second-order valence-corrected chi connectivity index (χ2v) is 6.59. The molecule has 0 bridgehead atoms. The zero-order valence-corrected chi connectivity index (χ0v) is 14.0. The van der Waals surface area contributed by atoms with E-state index in [0.717, 1.165) is 30.5 Å². The zero-order valence-electron chi connectivity index (χ0n) is 14.0. The van der Waals surface area contributed by atoms with Crippen molar-refractivity contribution in [2.24, 2.45) is 0 Å².